The van der Waals surface area contributed by atoms with Gasteiger partial charge in [-0.15, -0.1) is 0 Å². The summed E-state index contributed by atoms with van der Waals surface area (Å²) in [6, 6.07) is 1.42. The molecule has 12 heteroatoms. The molecule has 2 aromatic heterocycles. The summed E-state index contributed by atoms with van der Waals surface area (Å²) in [4.78, 5) is 41.3. The van der Waals surface area contributed by atoms with Crippen molar-refractivity contribution in [2.75, 3.05) is 20.7 Å². The number of amidine groups is 1. The summed E-state index contributed by atoms with van der Waals surface area (Å²) in [5.41, 5.74) is 5.09. The number of hydrogen-bond acceptors (Lipinski definition) is 9. The predicted molar refractivity (Wildman–Crippen MR) is 130 cm³/mol. The highest BCUT2D eigenvalue weighted by Gasteiger charge is 2.48. The number of nitrogens with zero attached hydrogens (tertiary/aromatic N) is 5. The summed E-state index contributed by atoms with van der Waals surface area (Å²) < 4.78 is 33.9. The lowest BCUT2D eigenvalue weighted by Crippen LogP contribution is -2.49. The third kappa shape index (κ3) is 5.99. The van der Waals surface area contributed by atoms with Gasteiger partial charge in [-0.05, 0) is 38.5 Å². The fraction of sp³-hybridized carbons (Fsp3) is 0.391. The second-order valence-corrected chi connectivity index (χ2v) is 10.3. The normalized spacial score (nSPS) is 22.4. The number of nitrogens with two attached hydrogens (primary N) is 1. The van der Waals surface area contributed by atoms with Crippen LogP contribution in [0.5, 0.6) is 5.88 Å². The van der Waals surface area contributed by atoms with Gasteiger partial charge in [0.2, 0.25) is 17.7 Å². The minimum absolute atomic E-state index is 0.0800. The molecule has 0 radical (unpaired) electrons. The molecule has 1 aliphatic rings. The summed E-state index contributed by atoms with van der Waals surface area (Å²) in [7, 11) is 3.27. The van der Waals surface area contributed by atoms with E-state index in [1.54, 1.807) is 27.9 Å². The smallest absolute Gasteiger partial charge is 0.238 e. The SMILES string of the molecule is CC(=O)COc1cnc(/C(F)=C/c2cnc(F)c([C@]3(C)C[C@](C)(C(=O)N(C)C)SC(N)=N3)c2)cn1. The molecular formula is C23H26F2N6O3S. The molecule has 186 valence electrons. The first-order chi connectivity index (χ1) is 16.3. The van der Waals surface area contributed by atoms with Gasteiger partial charge in [-0.25, -0.2) is 19.3 Å². The standard InChI is InChI=1S/C23H26F2N6O3S/c1-13(32)11-34-18-10-27-17(9-28-18)16(24)7-14-6-15(19(25)29-8-14)22(2)12-23(3,20(33)31(4)5)35-21(26)30-22/h6-10H,11-12H2,1-5H3,(H2,26,30)/b16-7-/t22-,23+/m0/s1. The number of thioether (sulfide) groups is 1. The van der Waals surface area contributed by atoms with E-state index in [1.807, 2.05) is 0 Å². The van der Waals surface area contributed by atoms with Crippen molar-refractivity contribution in [3.8, 4) is 5.88 Å². The Morgan fingerprint density at radius 1 is 1.23 bits per heavy atom. The summed E-state index contributed by atoms with van der Waals surface area (Å²) in [6.45, 7) is 4.59. The van der Waals surface area contributed by atoms with Crippen molar-refractivity contribution in [1.29, 1.82) is 0 Å². The van der Waals surface area contributed by atoms with Crippen molar-refractivity contribution in [3.05, 3.63) is 47.4 Å². The van der Waals surface area contributed by atoms with E-state index in [0.29, 0.717) is 0 Å². The fourth-order valence-corrected chi connectivity index (χ4v) is 5.14. The van der Waals surface area contributed by atoms with Crippen molar-refractivity contribution in [2.45, 2.75) is 37.5 Å². The Kier molecular flexibility index (Phi) is 7.53. The van der Waals surface area contributed by atoms with Gasteiger partial charge >= 0.3 is 0 Å². The number of Topliss-reactive ketones (excluding diaryl/α,β-unsaturated/α-hetero) is 1. The maximum atomic E-state index is 14.9. The molecule has 2 aromatic rings. The molecule has 0 saturated heterocycles. The summed E-state index contributed by atoms with van der Waals surface area (Å²) in [5.74, 6) is -1.83. The Balaban J connectivity index is 1.92. The van der Waals surface area contributed by atoms with E-state index in [2.05, 4.69) is 19.9 Å². The molecule has 0 spiro atoms. The van der Waals surface area contributed by atoms with Gasteiger partial charge in [-0.2, -0.15) is 4.39 Å². The van der Waals surface area contributed by atoms with E-state index in [0.717, 1.165) is 24.0 Å². The van der Waals surface area contributed by atoms with Crippen LogP contribution in [0.1, 0.15) is 44.0 Å². The molecule has 0 bridgehead atoms. The first-order valence-corrected chi connectivity index (χ1v) is 11.4. The predicted octanol–water partition coefficient (Wildman–Crippen LogP) is 2.96. The quantitative estimate of drug-likeness (QED) is 0.571. The molecule has 35 heavy (non-hydrogen) atoms. The molecule has 0 fully saturated rings. The van der Waals surface area contributed by atoms with E-state index < -0.39 is 22.1 Å². The first-order valence-electron chi connectivity index (χ1n) is 10.6. The van der Waals surface area contributed by atoms with E-state index >= 15 is 0 Å². The molecule has 9 nitrogen and oxygen atoms in total. The highest BCUT2D eigenvalue weighted by atomic mass is 32.2. The topological polar surface area (TPSA) is 124 Å². The van der Waals surface area contributed by atoms with Crippen LogP contribution >= 0.6 is 11.8 Å². The van der Waals surface area contributed by atoms with Gasteiger partial charge in [0, 0.05) is 32.3 Å². The average Bonchev–Trinajstić information content (AvgIpc) is 2.77. The second-order valence-electron chi connectivity index (χ2n) is 8.76. The van der Waals surface area contributed by atoms with E-state index in [1.165, 1.54) is 30.3 Å². The minimum Gasteiger partial charge on any atom is -0.469 e. The van der Waals surface area contributed by atoms with Crippen molar-refractivity contribution >= 4 is 40.5 Å². The zero-order chi connectivity index (χ0) is 26.0. The number of aliphatic imine (C=N–C) groups is 1. The molecule has 2 N–H and O–H groups in total. The van der Waals surface area contributed by atoms with Crippen LogP contribution in [0.25, 0.3) is 11.9 Å². The van der Waals surface area contributed by atoms with Gasteiger partial charge in [0.05, 0.1) is 17.9 Å². The summed E-state index contributed by atoms with van der Waals surface area (Å²) >= 11 is 1.12. The summed E-state index contributed by atoms with van der Waals surface area (Å²) in [6.07, 6.45) is 4.81. The number of amides is 1. The number of halogens is 2. The van der Waals surface area contributed by atoms with Crippen molar-refractivity contribution in [3.63, 3.8) is 0 Å². The Labute approximate surface area is 205 Å². The van der Waals surface area contributed by atoms with Crippen molar-refractivity contribution in [1.82, 2.24) is 19.9 Å². The number of ketones is 1. The third-order valence-electron chi connectivity index (χ3n) is 5.26. The lowest BCUT2D eigenvalue weighted by Gasteiger charge is -2.41. The van der Waals surface area contributed by atoms with Crippen LogP contribution in [0.3, 0.4) is 0 Å². The molecule has 2 atom stereocenters. The maximum Gasteiger partial charge on any atom is 0.238 e. The monoisotopic (exact) mass is 504 g/mol. The molecule has 0 unspecified atom stereocenters. The van der Waals surface area contributed by atoms with Gasteiger partial charge in [-0.3, -0.25) is 14.6 Å². The van der Waals surface area contributed by atoms with Crippen molar-refractivity contribution < 1.29 is 23.1 Å². The van der Waals surface area contributed by atoms with Gasteiger partial charge in [0.25, 0.3) is 0 Å². The zero-order valence-corrected chi connectivity index (χ0v) is 20.8. The molecule has 0 aromatic carbocycles. The maximum absolute atomic E-state index is 14.9. The number of carbonyl (C=O) groups is 2. The number of rotatable bonds is 7. The number of aromatic nitrogens is 3. The number of carbonyl (C=O) groups excluding carboxylic acids is 2. The third-order valence-corrected chi connectivity index (χ3v) is 6.33. The van der Waals surface area contributed by atoms with E-state index in [-0.39, 0.29) is 52.6 Å². The second kappa shape index (κ2) is 10.1. The molecule has 0 aliphatic carbocycles. The van der Waals surface area contributed by atoms with Gasteiger partial charge in [0.15, 0.2) is 16.8 Å². The van der Waals surface area contributed by atoms with E-state index in [4.69, 9.17) is 10.5 Å². The van der Waals surface area contributed by atoms with Crippen molar-refractivity contribution in [2.24, 2.45) is 10.7 Å². The molecular weight excluding hydrogens is 478 g/mol. The van der Waals surface area contributed by atoms with Gasteiger partial charge < -0.3 is 15.4 Å². The van der Waals surface area contributed by atoms with Crippen LogP contribution in [0, 0.1) is 5.95 Å². The number of pyridine rings is 1. The highest BCUT2D eigenvalue weighted by molar-refractivity contribution is 8.15. The van der Waals surface area contributed by atoms with Crippen LogP contribution in [0.15, 0.2) is 29.6 Å². The lowest BCUT2D eigenvalue weighted by atomic mass is 9.82. The summed E-state index contributed by atoms with van der Waals surface area (Å²) in [5, 5.41) is 0.144. The Hall–Kier alpha value is -3.41. The van der Waals surface area contributed by atoms with Crippen LogP contribution in [-0.2, 0) is 15.1 Å². The van der Waals surface area contributed by atoms with E-state index in [9.17, 15) is 18.4 Å². The first kappa shape index (κ1) is 26.2. The molecule has 3 heterocycles. The highest BCUT2D eigenvalue weighted by Crippen LogP contribution is 2.46. The van der Waals surface area contributed by atoms with Gasteiger partial charge in [-0.1, -0.05) is 11.8 Å². The van der Waals surface area contributed by atoms with Gasteiger partial charge in [0.1, 0.15) is 17.0 Å². The largest absolute Gasteiger partial charge is 0.469 e. The Bertz CT molecular complexity index is 1200. The average molecular weight is 505 g/mol. The lowest BCUT2D eigenvalue weighted by molar-refractivity contribution is -0.131. The van der Waals surface area contributed by atoms with Crippen LogP contribution in [0.4, 0.5) is 8.78 Å². The van der Waals surface area contributed by atoms with Crippen LogP contribution < -0.4 is 10.5 Å². The van der Waals surface area contributed by atoms with Crippen LogP contribution in [0.2, 0.25) is 0 Å². The molecule has 1 aliphatic heterocycles. The Morgan fingerprint density at radius 2 is 1.94 bits per heavy atom. The molecule has 0 saturated carbocycles. The molecule has 1 amide bonds. The number of hydrogen-bond donors (Lipinski definition) is 1. The van der Waals surface area contributed by atoms with Crippen LogP contribution in [-0.4, -0.2) is 62.2 Å². The minimum atomic E-state index is -1.21. The Morgan fingerprint density at radius 3 is 2.54 bits per heavy atom. The molecule has 3 rings (SSSR count). The number of ether oxygens (including phenoxy) is 1. The zero-order valence-electron chi connectivity index (χ0n) is 20.0. The fourth-order valence-electron chi connectivity index (χ4n) is 3.81.